The lowest BCUT2D eigenvalue weighted by Gasteiger charge is -2.34. The second kappa shape index (κ2) is 8.98. The van der Waals surface area contributed by atoms with Crippen LogP contribution in [0.1, 0.15) is 36.8 Å². The van der Waals surface area contributed by atoms with Gasteiger partial charge in [0, 0.05) is 51.5 Å². The SMILES string of the molecule is O=C1CC2(CCc3ccccc3C2)C(=O)N1CCCCN1CCN(c2ncccn2)CC1. The quantitative estimate of drug-likeness (QED) is 0.514. The Balaban J connectivity index is 1.08. The number of hydrogen-bond donors (Lipinski definition) is 0. The van der Waals surface area contributed by atoms with Crippen LogP contribution in [0.15, 0.2) is 42.7 Å². The van der Waals surface area contributed by atoms with Crippen molar-refractivity contribution in [3.63, 3.8) is 0 Å². The first-order valence-electron chi connectivity index (χ1n) is 11.8. The molecule has 3 heterocycles. The van der Waals surface area contributed by atoms with Gasteiger partial charge < -0.3 is 4.90 Å². The molecule has 0 bridgehead atoms. The highest BCUT2D eigenvalue weighted by Crippen LogP contribution is 2.44. The minimum absolute atomic E-state index is 0.0193. The number of likely N-dealkylation sites (tertiary alicyclic amines) is 1. The van der Waals surface area contributed by atoms with Crippen LogP contribution in [0.25, 0.3) is 0 Å². The van der Waals surface area contributed by atoms with Crippen molar-refractivity contribution in [2.24, 2.45) is 5.41 Å². The van der Waals surface area contributed by atoms with Gasteiger partial charge in [0.15, 0.2) is 0 Å². The third-order valence-electron chi connectivity index (χ3n) is 7.32. The molecule has 1 spiro atoms. The summed E-state index contributed by atoms with van der Waals surface area (Å²) >= 11 is 0. The van der Waals surface area contributed by atoms with Gasteiger partial charge in [-0.05, 0) is 55.8 Å². The zero-order valence-electron chi connectivity index (χ0n) is 18.6. The number of benzene rings is 1. The molecule has 5 rings (SSSR count). The Morgan fingerprint density at radius 3 is 2.34 bits per heavy atom. The Morgan fingerprint density at radius 2 is 1.56 bits per heavy atom. The number of amides is 2. The van der Waals surface area contributed by atoms with Gasteiger partial charge in [-0.1, -0.05) is 24.3 Å². The Hall–Kier alpha value is -2.80. The van der Waals surface area contributed by atoms with E-state index in [1.807, 2.05) is 12.1 Å². The highest BCUT2D eigenvalue weighted by molar-refractivity contribution is 6.06. The fraction of sp³-hybridized carbons (Fsp3) is 0.520. The van der Waals surface area contributed by atoms with Gasteiger partial charge in [0.05, 0.1) is 5.41 Å². The molecule has 2 saturated heterocycles. The number of fused-ring (bicyclic) bond motifs is 1. The van der Waals surface area contributed by atoms with Crippen molar-refractivity contribution in [2.45, 2.75) is 38.5 Å². The number of anilines is 1. The molecule has 1 aromatic heterocycles. The molecule has 1 aliphatic carbocycles. The minimum atomic E-state index is -0.499. The van der Waals surface area contributed by atoms with Gasteiger partial charge in [-0.2, -0.15) is 0 Å². The average Bonchev–Trinajstić information content (AvgIpc) is 3.06. The van der Waals surface area contributed by atoms with Crippen LogP contribution >= 0.6 is 0 Å². The third-order valence-corrected chi connectivity index (χ3v) is 7.32. The van der Waals surface area contributed by atoms with Crippen LogP contribution in [0.2, 0.25) is 0 Å². The molecule has 2 aromatic rings. The number of aromatic nitrogens is 2. The first-order valence-corrected chi connectivity index (χ1v) is 11.8. The number of piperazine rings is 1. The standard InChI is InChI=1S/C25H31N5O2/c31-22-19-25(9-8-20-6-1-2-7-21(20)18-25)23(32)30(22)13-4-3-12-28-14-16-29(17-15-28)24-26-10-5-11-27-24/h1-2,5-7,10-11H,3-4,8-9,12-19H2. The summed E-state index contributed by atoms with van der Waals surface area (Å²) in [4.78, 5) is 40.9. The van der Waals surface area contributed by atoms with Crippen molar-refractivity contribution >= 4 is 17.8 Å². The van der Waals surface area contributed by atoms with Crippen molar-refractivity contribution in [2.75, 3.05) is 44.2 Å². The van der Waals surface area contributed by atoms with Gasteiger partial charge in [-0.15, -0.1) is 0 Å². The minimum Gasteiger partial charge on any atom is -0.338 e. The van der Waals surface area contributed by atoms with E-state index in [2.05, 4.69) is 38.0 Å². The molecule has 3 aliphatic rings. The van der Waals surface area contributed by atoms with E-state index in [4.69, 9.17) is 0 Å². The number of nitrogens with zero attached hydrogens (tertiary/aromatic N) is 5. The molecule has 168 valence electrons. The lowest BCUT2D eigenvalue weighted by atomic mass is 9.70. The van der Waals surface area contributed by atoms with Crippen LogP contribution in [0.5, 0.6) is 0 Å². The number of aryl methyl sites for hydroxylation is 1. The predicted octanol–water partition coefficient (Wildman–Crippen LogP) is 2.31. The number of carbonyl (C=O) groups is 2. The number of imide groups is 1. The van der Waals surface area contributed by atoms with Gasteiger partial charge in [-0.25, -0.2) is 9.97 Å². The van der Waals surface area contributed by atoms with Gasteiger partial charge in [0.2, 0.25) is 17.8 Å². The summed E-state index contributed by atoms with van der Waals surface area (Å²) < 4.78 is 0. The molecule has 2 fully saturated rings. The molecule has 1 atom stereocenters. The smallest absolute Gasteiger partial charge is 0.236 e. The topological polar surface area (TPSA) is 69.6 Å². The van der Waals surface area contributed by atoms with Gasteiger partial charge in [0.1, 0.15) is 0 Å². The van der Waals surface area contributed by atoms with E-state index < -0.39 is 5.41 Å². The summed E-state index contributed by atoms with van der Waals surface area (Å²) in [5.74, 6) is 0.886. The Morgan fingerprint density at radius 1 is 0.844 bits per heavy atom. The van der Waals surface area contributed by atoms with Gasteiger partial charge >= 0.3 is 0 Å². The first-order chi connectivity index (χ1) is 15.6. The Kier molecular flexibility index (Phi) is 5.91. The molecular formula is C25H31N5O2. The van der Waals surface area contributed by atoms with E-state index in [1.165, 1.54) is 11.1 Å². The Labute approximate surface area is 189 Å². The van der Waals surface area contributed by atoms with Crippen molar-refractivity contribution < 1.29 is 9.59 Å². The second-order valence-corrected chi connectivity index (χ2v) is 9.34. The molecule has 1 aromatic carbocycles. The molecule has 7 heteroatoms. The summed E-state index contributed by atoms with van der Waals surface area (Å²) in [6.07, 6.45) is 8.20. The number of carbonyl (C=O) groups excluding carboxylic acids is 2. The lowest BCUT2D eigenvalue weighted by molar-refractivity contribution is -0.141. The van der Waals surface area contributed by atoms with Gasteiger partial charge in [0.25, 0.3) is 0 Å². The zero-order chi connectivity index (χ0) is 22.0. The van der Waals surface area contributed by atoms with Crippen LogP contribution in [0.4, 0.5) is 5.95 Å². The zero-order valence-corrected chi connectivity index (χ0v) is 18.6. The number of hydrogen-bond acceptors (Lipinski definition) is 6. The fourth-order valence-corrected chi connectivity index (χ4v) is 5.45. The maximum Gasteiger partial charge on any atom is 0.236 e. The largest absolute Gasteiger partial charge is 0.338 e. The maximum atomic E-state index is 13.2. The van der Waals surface area contributed by atoms with Crippen molar-refractivity contribution in [3.8, 4) is 0 Å². The van der Waals surface area contributed by atoms with E-state index in [9.17, 15) is 9.59 Å². The summed E-state index contributed by atoms with van der Waals surface area (Å²) in [7, 11) is 0. The molecule has 0 N–H and O–H groups in total. The van der Waals surface area contributed by atoms with Crippen molar-refractivity contribution in [1.82, 2.24) is 19.8 Å². The first kappa shape index (κ1) is 21.1. The normalized spacial score (nSPS) is 23.8. The van der Waals surface area contributed by atoms with Crippen molar-refractivity contribution in [1.29, 1.82) is 0 Å². The Bertz CT molecular complexity index is 973. The predicted molar refractivity (Wildman–Crippen MR) is 122 cm³/mol. The summed E-state index contributed by atoms with van der Waals surface area (Å²) in [6.45, 7) is 5.38. The highest BCUT2D eigenvalue weighted by Gasteiger charge is 2.52. The third kappa shape index (κ3) is 4.13. The van der Waals surface area contributed by atoms with Crippen molar-refractivity contribution in [3.05, 3.63) is 53.9 Å². The molecule has 7 nitrogen and oxygen atoms in total. The van der Waals surface area contributed by atoms with Crippen LogP contribution in [-0.2, 0) is 22.4 Å². The summed E-state index contributed by atoms with van der Waals surface area (Å²) in [6, 6.07) is 10.2. The molecule has 32 heavy (non-hydrogen) atoms. The van der Waals surface area contributed by atoms with Crippen LogP contribution in [0, 0.1) is 5.41 Å². The number of rotatable bonds is 6. The summed E-state index contributed by atoms with van der Waals surface area (Å²) in [5.41, 5.74) is 2.07. The van der Waals surface area contributed by atoms with Crippen LogP contribution < -0.4 is 4.90 Å². The molecule has 2 aliphatic heterocycles. The number of unbranched alkanes of at least 4 members (excludes halogenated alkanes) is 1. The monoisotopic (exact) mass is 433 g/mol. The van der Waals surface area contributed by atoms with Gasteiger partial charge in [-0.3, -0.25) is 19.4 Å². The van der Waals surface area contributed by atoms with Crippen LogP contribution in [-0.4, -0.2) is 70.9 Å². The lowest BCUT2D eigenvalue weighted by Crippen LogP contribution is -2.47. The fourth-order valence-electron chi connectivity index (χ4n) is 5.45. The molecule has 1 unspecified atom stereocenters. The molecule has 0 radical (unpaired) electrons. The molecular weight excluding hydrogens is 402 g/mol. The van der Waals surface area contributed by atoms with E-state index in [1.54, 1.807) is 17.3 Å². The van der Waals surface area contributed by atoms with Crippen LogP contribution in [0.3, 0.4) is 0 Å². The van der Waals surface area contributed by atoms with E-state index >= 15 is 0 Å². The average molecular weight is 434 g/mol. The molecule has 2 amide bonds. The summed E-state index contributed by atoms with van der Waals surface area (Å²) in [5, 5.41) is 0. The second-order valence-electron chi connectivity index (χ2n) is 9.34. The maximum absolute atomic E-state index is 13.2. The van der Waals surface area contributed by atoms with E-state index in [0.29, 0.717) is 19.4 Å². The van der Waals surface area contributed by atoms with E-state index in [-0.39, 0.29) is 11.8 Å². The highest BCUT2D eigenvalue weighted by atomic mass is 16.2. The van der Waals surface area contributed by atoms with E-state index in [0.717, 1.165) is 64.4 Å². The molecule has 0 saturated carbocycles.